The van der Waals surface area contributed by atoms with E-state index in [9.17, 15) is 4.79 Å². The first kappa shape index (κ1) is 16.2. The van der Waals surface area contributed by atoms with Crippen LogP contribution in [0.5, 0.6) is 0 Å². The summed E-state index contributed by atoms with van der Waals surface area (Å²) in [5, 5.41) is 14.4. The number of amides is 1. The molecule has 0 spiro atoms. The van der Waals surface area contributed by atoms with Crippen molar-refractivity contribution < 1.29 is 4.79 Å². The molecule has 2 fully saturated rings. The largest absolute Gasteiger partial charge is 0.309 e. The minimum atomic E-state index is -0.148. The van der Waals surface area contributed by atoms with Crippen LogP contribution < -0.4 is 10.6 Å². The van der Waals surface area contributed by atoms with Gasteiger partial charge in [-0.2, -0.15) is 0 Å². The van der Waals surface area contributed by atoms with Gasteiger partial charge in [0.1, 0.15) is 0 Å². The molecular formula is C18H24N6O. The molecule has 1 aromatic carbocycles. The Morgan fingerprint density at radius 3 is 2.84 bits per heavy atom. The zero-order chi connectivity index (χ0) is 17.2. The first-order chi connectivity index (χ1) is 12.2. The number of carbonyl (C=O) groups excluding carboxylic acids is 1. The molecule has 0 aliphatic carbocycles. The van der Waals surface area contributed by atoms with Gasteiger partial charge in [-0.15, -0.1) is 5.10 Å². The predicted octanol–water partition coefficient (Wildman–Crippen LogP) is 1.49. The maximum atomic E-state index is 12.5. The van der Waals surface area contributed by atoms with Crippen LogP contribution in [-0.2, 0) is 13.1 Å². The van der Waals surface area contributed by atoms with E-state index in [-0.39, 0.29) is 5.91 Å². The fourth-order valence-corrected chi connectivity index (χ4v) is 3.79. The van der Waals surface area contributed by atoms with Crippen LogP contribution >= 0.6 is 0 Å². The average molecular weight is 340 g/mol. The van der Waals surface area contributed by atoms with Gasteiger partial charge in [0.15, 0.2) is 5.82 Å². The van der Waals surface area contributed by atoms with E-state index in [0.29, 0.717) is 23.5 Å². The highest BCUT2D eigenvalue weighted by molar-refractivity contribution is 6.03. The summed E-state index contributed by atoms with van der Waals surface area (Å²) in [6, 6.07) is 9.12. The molecule has 25 heavy (non-hydrogen) atoms. The van der Waals surface area contributed by atoms with E-state index in [1.807, 2.05) is 25.1 Å². The van der Waals surface area contributed by atoms with Gasteiger partial charge >= 0.3 is 0 Å². The van der Waals surface area contributed by atoms with E-state index in [1.165, 1.54) is 18.4 Å². The standard InChI is InChI=1S/C18H24N6O/c1-2-24-12-17(21-22-24)20-18(25)14-5-3-4-13(8-14)9-23-10-15-6-7-16(11-23)19-15/h3-5,8,12,15-16,19H,2,6-7,9-11H2,1H3,(H,20,25)/t15-,16+. The van der Waals surface area contributed by atoms with E-state index >= 15 is 0 Å². The molecular weight excluding hydrogens is 316 g/mol. The van der Waals surface area contributed by atoms with Crippen LogP contribution in [0, 0.1) is 0 Å². The molecule has 0 saturated carbocycles. The van der Waals surface area contributed by atoms with Gasteiger partial charge in [-0.3, -0.25) is 14.4 Å². The lowest BCUT2D eigenvalue weighted by Crippen LogP contribution is -2.50. The summed E-state index contributed by atoms with van der Waals surface area (Å²) < 4.78 is 1.69. The highest BCUT2D eigenvalue weighted by atomic mass is 16.1. The second-order valence-corrected chi connectivity index (χ2v) is 6.95. The SMILES string of the molecule is CCn1cc(NC(=O)c2cccc(CN3C[C@H]4CC[C@@H](C3)N4)c2)nn1. The number of anilines is 1. The molecule has 1 amide bonds. The van der Waals surface area contributed by atoms with Crippen molar-refractivity contribution in [3.63, 3.8) is 0 Å². The van der Waals surface area contributed by atoms with Gasteiger partial charge < -0.3 is 10.6 Å². The Morgan fingerprint density at radius 2 is 2.12 bits per heavy atom. The van der Waals surface area contributed by atoms with E-state index < -0.39 is 0 Å². The zero-order valence-electron chi connectivity index (χ0n) is 14.5. The number of fused-ring (bicyclic) bond motifs is 2. The van der Waals surface area contributed by atoms with E-state index in [2.05, 4.69) is 31.9 Å². The topological polar surface area (TPSA) is 75.1 Å². The Hall–Kier alpha value is -2.25. The quantitative estimate of drug-likeness (QED) is 0.862. The van der Waals surface area contributed by atoms with Crippen LogP contribution in [-0.4, -0.2) is 51.0 Å². The number of hydrogen-bond acceptors (Lipinski definition) is 5. The van der Waals surface area contributed by atoms with Crippen molar-refractivity contribution in [1.29, 1.82) is 0 Å². The molecule has 2 bridgehead atoms. The third-order valence-corrected chi connectivity index (χ3v) is 4.99. The zero-order valence-corrected chi connectivity index (χ0v) is 14.5. The molecule has 3 heterocycles. The average Bonchev–Trinajstić information content (AvgIpc) is 3.21. The van der Waals surface area contributed by atoms with Crippen molar-refractivity contribution in [3.8, 4) is 0 Å². The number of nitrogens with one attached hydrogen (secondary N) is 2. The van der Waals surface area contributed by atoms with Crippen LogP contribution in [0.2, 0.25) is 0 Å². The second kappa shape index (κ2) is 6.93. The third kappa shape index (κ3) is 3.72. The Labute approximate surface area is 147 Å². The highest BCUT2D eigenvalue weighted by Crippen LogP contribution is 2.21. The normalized spacial score (nSPS) is 22.9. The maximum absolute atomic E-state index is 12.5. The first-order valence-corrected chi connectivity index (χ1v) is 8.98. The monoisotopic (exact) mass is 340 g/mol. The number of benzene rings is 1. The Bertz CT molecular complexity index is 746. The molecule has 2 N–H and O–H groups in total. The molecule has 2 aromatic rings. The fraction of sp³-hybridized carbons (Fsp3) is 0.500. The number of aromatic nitrogens is 3. The molecule has 2 aliphatic rings. The fourth-order valence-electron chi connectivity index (χ4n) is 3.79. The van der Waals surface area contributed by atoms with Crippen molar-refractivity contribution in [2.45, 2.75) is 44.9 Å². The number of piperazine rings is 1. The first-order valence-electron chi connectivity index (χ1n) is 8.98. The van der Waals surface area contributed by atoms with Gasteiger partial charge in [-0.1, -0.05) is 17.3 Å². The molecule has 2 aliphatic heterocycles. The van der Waals surface area contributed by atoms with Crippen molar-refractivity contribution in [2.24, 2.45) is 0 Å². The van der Waals surface area contributed by atoms with E-state index in [1.54, 1.807) is 10.9 Å². The van der Waals surface area contributed by atoms with Crippen molar-refractivity contribution in [2.75, 3.05) is 18.4 Å². The minimum Gasteiger partial charge on any atom is -0.309 e. The lowest BCUT2D eigenvalue weighted by atomic mass is 10.1. The number of likely N-dealkylation sites (tertiary alicyclic amines) is 1. The predicted molar refractivity (Wildman–Crippen MR) is 95.3 cm³/mol. The molecule has 2 atom stereocenters. The molecule has 1 aromatic heterocycles. The van der Waals surface area contributed by atoms with Gasteiger partial charge in [-0.05, 0) is 37.5 Å². The third-order valence-electron chi connectivity index (χ3n) is 4.99. The Morgan fingerprint density at radius 1 is 1.32 bits per heavy atom. The lowest BCUT2D eigenvalue weighted by molar-refractivity contribution is 0.102. The number of hydrogen-bond donors (Lipinski definition) is 2. The maximum Gasteiger partial charge on any atom is 0.256 e. The van der Waals surface area contributed by atoms with Gasteiger partial charge in [-0.25, -0.2) is 0 Å². The molecule has 4 rings (SSSR count). The summed E-state index contributed by atoms with van der Waals surface area (Å²) >= 11 is 0. The summed E-state index contributed by atoms with van der Waals surface area (Å²) in [4.78, 5) is 14.9. The van der Waals surface area contributed by atoms with Crippen LogP contribution in [0.3, 0.4) is 0 Å². The van der Waals surface area contributed by atoms with Crippen molar-refractivity contribution in [3.05, 3.63) is 41.6 Å². The number of nitrogens with zero attached hydrogens (tertiary/aromatic N) is 4. The molecule has 0 unspecified atom stereocenters. The van der Waals surface area contributed by atoms with Gasteiger partial charge in [0, 0.05) is 43.8 Å². The van der Waals surface area contributed by atoms with Crippen LogP contribution in [0.1, 0.15) is 35.7 Å². The molecule has 0 radical (unpaired) electrons. The summed E-state index contributed by atoms with van der Waals surface area (Å²) in [5.74, 6) is 0.335. The lowest BCUT2D eigenvalue weighted by Gasteiger charge is -2.32. The Balaban J connectivity index is 1.41. The van der Waals surface area contributed by atoms with Crippen LogP contribution in [0.15, 0.2) is 30.5 Å². The highest BCUT2D eigenvalue weighted by Gasteiger charge is 2.31. The number of rotatable bonds is 5. The number of carbonyl (C=O) groups is 1. The van der Waals surface area contributed by atoms with Gasteiger partial charge in [0.05, 0.1) is 6.20 Å². The smallest absolute Gasteiger partial charge is 0.256 e. The summed E-state index contributed by atoms with van der Waals surface area (Å²) in [7, 11) is 0. The summed E-state index contributed by atoms with van der Waals surface area (Å²) in [5.41, 5.74) is 1.83. The van der Waals surface area contributed by atoms with E-state index in [0.717, 1.165) is 26.2 Å². The summed E-state index contributed by atoms with van der Waals surface area (Å²) in [6.07, 6.45) is 4.29. The van der Waals surface area contributed by atoms with Crippen LogP contribution in [0.25, 0.3) is 0 Å². The molecule has 132 valence electrons. The van der Waals surface area contributed by atoms with Crippen molar-refractivity contribution >= 4 is 11.7 Å². The Kier molecular flexibility index (Phi) is 4.50. The molecule has 2 saturated heterocycles. The summed E-state index contributed by atoms with van der Waals surface area (Å²) in [6.45, 7) is 5.78. The minimum absolute atomic E-state index is 0.148. The number of aryl methyl sites for hydroxylation is 1. The molecule has 7 nitrogen and oxygen atoms in total. The second-order valence-electron chi connectivity index (χ2n) is 6.95. The van der Waals surface area contributed by atoms with Crippen LogP contribution in [0.4, 0.5) is 5.82 Å². The molecule has 7 heteroatoms. The van der Waals surface area contributed by atoms with Crippen molar-refractivity contribution in [1.82, 2.24) is 25.2 Å². The van der Waals surface area contributed by atoms with Gasteiger partial charge in [0.2, 0.25) is 0 Å². The van der Waals surface area contributed by atoms with Gasteiger partial charge in [0.25, 0.3) is 5.91 Å². The van der Waals surface area contributed by atoms with E-state index in [4.69, 9.17) is 0 Å².